The largest absolute Gasteiger partial charge is 0.472 e. The summed E-state index contributed by atoms with van der Waals surface area (Å²) >= 11 is 0. The Labute approximate surface area is 136 Å². The zero-order chi connectivity index (χ0) is 15.6. The lowest BCUT2D eigenvalue weighted by molar-refractivity contribution is 0.0547. The number of benzene rings is 1. The number of hydrogen-bond donors (Lipinski definition) is 0. The van der Waals surface area contributed by atoms with E-state index < -0.39 is 0 Å². The monoisotopic (exact) mass is 310 g/mol. The highest BCUT2D eigenvalue weighted by Gasteiger charge is 2.30. The molecule has 1 saturated heterocycles. The van der Waals surface area contributed by atoms with E-state index in [1.807, 2.05) is 4.90 Å². The van der Waals surface area contributed by atoms with E-state index in [4.69, 9.17) is 4.42 Å². The molecule has 4 nitrogen and oxygen atoms in total. The Bertz CT molecular complexity index is 672. The second kappa shape index (κ2) is 6.20. The van der Waals surface area contributed by atoms with Crippen LogP contribution in [0.25, 0.3) is 0 Å². The van der Waals surface area contributed by atoms with Gasteiger partial charge in [-0.1, -0.05) is 24.3 Å². The fourth-order valence-corrected chi connectivity index (χ4v) is 3.91. The Kier molecular flexibility index (Phi) is 3.92. The van der Waals surface area contributed by atoms with Crippen molar-refractivity contribution in [1.29, 1.82) is 0 Å². The summed E-state index contributed by atoms with van der Waals surface area (Å²) in [4.78, 5) is 16.9. The standard InChI is InChI=1S/C19H22N2O2/c22-19(16-8-13-23-14-16)21-11-9-20(10-12-21)18-7-3-5-15-4-1-2-6-17(15)18/h1-2,4,6,8,13-14,18H,3,5,7,9-12H2. The molecule has 1 unspecified atom stereocenters. The van der Waals surface area contributed by atoms with E-state index in [9.17, 15) is 4.79 Å². The molecule has 2 aromatic rings. The molecule has 0 saturated carbocycles. The summed E-state index contributed by atoms with van der Waals surface area (Å²) in [6, 6.07) is 11.1. The number of aryl methyl sites for hydroxylation is 1. The molecule has 1 aliphatic heterocycles. The fraction of sp³-hybridized carbons (Fsp3) is 0.421. The van der Waals surface area contributed by atoms with Gasteiger partial charge in [0.2, 0.25) is 0 Å². The highest BCUT2D eigenvalue weighted by molar-refractivity contribution is 5.93. The maximum atomic E-state index is 12.4. The molecular weight excluding hydrogens is 288 g/mol. The summed E-state index contributed by atoms with van der Waals surface area (Å²) < 4.78 is 5.02. The summed E-state index contributed by atoms with van der Waals surface area (Å²) in [7, 11) is 0. The molecule has 2 heterocycles. The Morgan fingerprint density at radius 3 is 2.70 bits per heavy atom. The van der Waals surface area contributed by atoms with E-state index in [2.05, 4.69) is 29.2 Å². The van der Waals surface area contributed by atoms with Crippen molar-refractivity contribution in [1.82, 2.24) is 9.80 Å². The van der Waals surface area contributed by atoms with Gasteiger partial charge in [0, 0.05) is 32.2 Å². The molecule has 1 fully saturated rings. The Hall–Kier alpha value is -2.07. The van der Waals surface area contributed by atoms with Crippen molar-refractivity contribution in [3.63, 3.8) is 0 Å². The van der Waals surface area contributed by atoms with Crippen LogP contribution in [0.4, 0.5) is 0 Å². The third-order valence-electron chi connectivity index (χ3n) is 5.15. The first-order valence-electron chi connectivity index (χ1n) is 8.46. The molecule has 1 atom stereocenters. The second-order valence-corrected chi connectivity index (χ2v) is 6.45. The summed E-state index contributed by atoms with van der Waals surface area (Å²) in [5.74, 6) is 0.0856. The third kappa shape index (κ3) is 2.79. The number of carbonyl (C=O) groups is 1. The Balaban J connectivity index is 1.43. The number of rotatable bonds is 2. The van der Waals surface area contributed by atoms with Crippen LogP contribution in [0.5, 0.6) is 0 Å². The molecule has 1 aromatic carbocycles. The molecule has 0 spiro atoms. The molecule has 2 aliphatic rings. The third-order valence-corrected chi connectivity index (χ3v) is 5.15. The van der Waals surface area contributed by atoms with Crippen molar-refractivity contribution in [2.24, 2.45) is 0 Å². The van der Waals surface area contributed by atoms with Gasteiger partial charge >= 0.3 is 0 Å². The predicted octanol–water partition coefficient (Wildman–Crippen LogP) is 3.12. The number of fused-ring (bicyclic) bond motifs is 1. The van der Waals surface area contributed by atoms with Crippen molar-refractivity contribution >= 4 is 5.91 Å². The van der Waals surface area contributed by atoms with Crippen LogP contribution in [0.2, 0.25) is 0 Å². The molecule has 4 rings (SSSR count). The first kappa shape index (κ1) is 14.5. The van der Waals surface area contributed by atoms with Crippen LogP contribution in [-0.4, -0.2) is 41.9 Å². The van der Waals surface area contributed by atoms with Crippen LogP contribution in [-0.2, 0) is 6.42 Å². The zero-order valence-electron chi connectivity index (χ0n) is 13.3. The first-order chi connectivity index (χ1) is 11.3. The van der Waals surface area contributed by atoms with Gasteiger partial charge in [0.05, 0.1) is 11.8 Å². The van der Waals surface area contributed by atoms with Crippen LogP contribution in [0.3, 0.4) is 0 Å². The smallest absolute Gasteiger partial charge is 0.257 e. The van der Waals surface area contributed by atoms with Crippen molar-refractivity contribution in [2.45, 2.75) is 25.3 Å². The quantitative estimate of drug-likeness (QED) is 0.855. The van der Waals surface area contributed by atoms with E-state index in [1.54, 1.807) is 12.3 Å². The van der Waals surface area contributed by atoms with Crippen molar-refractivity contribution < 1.29 is 9.21 Å². The van der Waals surface area contributed by atoms with Crippen LogP contribution in [0.15, 0.2) is 47.3 Å². The maximum Gasteiger partial charge on any atom is 0.257 e. The number of hydrogen-bond acceptors (Lipinski definition) is 3. The SMILES string of the molecule is O=C(c1ccoc1)N1CCN(C2CCCc3ccccc32)CC1. The number of piperazine rings is 1. The van der Waals surface area contributed by atoms with Gasteiger partial charge in [-0.25, -0.2) is 0 Å². The number of furan rings is 1. The van der Waals surface area contributed by atoms with Gasteiger partial charge in [0.15, 0.2) is 0 Å². The van der Waals surface area contributed by atoms with Crippen LogP contribution >= 0.6 is 0 Å². The van der Waals surface area contributed by atoms with Gasteiger partial charge in [0.25, 0.3) is 5.91 Å². The molecule has 1 aromatic heterocycles. The lowest BCUT2D eigenvalue weighted by Gasteiger charge is -2.41. The van der Waals surface area contributed by atoms with Crippen LogP contribution in [0.1, 0.15) is 40.4 Å². The molecule has 120 valence electrons. The van der Waals surface area contributed by atoms with Crippen molar-refractivity contribution in [2.75, 3.05) is 26.2 Å². The minimum absolute atomic E-state index is 0.0856. The van der Waals surface area contributed by atoms with Gasteiger partial charge in [-0.15, -0.1) is 0 Å². The summed E-state index contributed by atoms with van der Waals surface area (Å²) in [5, 5.41) is 0. The molecule has 4 heteroatoms. The van der Waals surface area contributed by atoms with Gasteiger partial charge in [-0.3, -0.25) is 9.69 Å². The number of nitrogens with zero attached hydrogens (tertiary/aromatic N) is 2. The van der Waals surface area contributed by atoms with Crippen LogP contribution in [0, 0.1) is 0 Å². The van der Waals surface area contributed by atoms with E-state index in [1.165, 1.54) is 36.7 Å². The minimum Gasteiger partial charge on any atom is -0.472 e. The molecule has 0 radical (unpaired) electrons. The number of carbonyl (C=O) groups excluding carboxylic acids is 1. The highest BCUT2D eigenvalue weighted by atomic mass is 16.3. The maximum absolute atomic E-state index is 12.4. The topological polar surface area (TPSA) is 36.7 Å². The molecule has 1 aliphatic carbocycles. The Morgan fingerprint density at radius 1 is 1.09 bits per heavy atom. The van der Waals surface area contributed by atoms with Gasteiger partial charge in [0.1, 0.15) is 6.26 Å². The first-order valence-corrected chi connectivity index (χ1v) is 8.46. The van der Waals surface area contributed by atoms with E-state index >= 15 is 0 Å². The minimum atomic E-state index is 0.0856. The fourth-order valence-electron chi connectivity index (χ4n) is 3.91. The summed E-state index contributed by atoms with van der Waals surface area (Å²) in [6.45, 7) is 3.48. The van der Waals surface area contributed by atoms with E-state index in [0.29, 0.717) is 11.6 Å². The second-order valence-electron chi connectivity index (χ2n) is 6.45. The molecule has 0 bridgehead atoms. The molecule has 23 heavy (non-hydrogen) atoms. The average Bonchev–Trinajstić information content (AvgIpc) is 3.15. The average molecular weight is 310 g/mol. The van der Waals surface area contributed by atoms with Gasteiger partial charge in [-0.2, -0.15) is 0 Å². The summed E-state index contributed by atoms with van der Waals surface area (Å²) in [5.41, 5.74) is 3.65. The normalized spacial score (nSPS) is 21.9. The summed E-state index contributed by atoms with van der Waals surface area (Å²) in [6.07, 6.45) is 6.78. The molecule has 1 amide bonds. The zero-order valence-corrected chi connectivity index (χ0v) is 13.3. The predicted molar refractivity (Wildman–Crippen MR) is 88.3 cm³/mol. The van der Waals surface area contributed by atoms with Crippen LogP contribution < -0.4 is 0 Å². The van der Waals surface area contributed by atoms with Crippen molar-refractivity contribution in [3.8, 4) is 0 Å². The lowest BCUT2D eigenvalue weighted by atomic mass is 9.86. The van der Waals surface area contributed by atoms with E-state index in [-0.39, 0.29) is 5.91 Å². The molecular formula is C19H22N2O2. The van der Waals surface area contributed by atoms with Gasteiger partial charge in [-0.05, 0) is 36.5 Å². The van der Waals surface area contributed by atoms with E-state index in [0.717, 1.165) is 26.2 Å². The molecule has 0 N–H and O–H groups in total. The number of amides is 1. The Morgan fingerprint density at radius 2 is 1.91 bits per heavy atom. The lowest BCUT2D eigenvalue weighted by Crippen LogP contribution is -2.50. The van der Waals surface area contributed by atoms with Crippen molar-refractivity contribution in [3.05, 3.63) is 59.5 Å². The highest BCUT2D eigenvalue weighted by Crippen LogP contribution is 2.34. The van der Waals surface area contributed by atoms with Gasteiger partial charge < -0.3 is 9.32 Å².